The second-order valence-electron chi connectivity index (χ2n) is 5.74. The number of hydrogen-bond acceptors (Lipinski definition) is 2. The highest BCUT2D eigenvalue weighted by molar-refractivity contribution is 5.79. The maximum absolute atomic E-state index is 13.0. The molecular weight excluding hydrogens is 267 g/mol. The molecule has 0 aliphatic heterocycles. The van der Waals surface area contributed by atoms with Gasteiger partial charge in [0.1, 0.15) is 5.82 Å². The van der Waals surface area contributed by atoms with Crippen molar-refractivity contribution in [1.82, 2.24) is 4.90 Å². The van der Waals surface area contributed by atoms with Crippen LogP contribution in [-0.4, -0.2) is 23.4 Å². The van der Waals surface area contributed by atoms with Crippen LogP contribution >= 0.6 is 0 Å². The van der Waals surface area contributed by atoms with Gasteiger partial charge in [-0.25, -0.2) is 4.39 Å². The number of hydrogen-bond donors (Lipinski definition) is 1. The lowest BCUT2D eigenvalue weighted by Gasteiger charge is -2.27. The molecule has 0 saturated carbocycles. The monoisotopic (exact) mass is 294 g/mol. The fourth-order valence-corrected chi connectivity index (χ4v) is 2.14. The van der Waals surface area contributed by atoms with E-state index in [1.165, 1.54) is 12.1 Å². The highest BCUT2D eigenvalue weighted by Crippen LogP contribution is 2.13. The number of nitrogens with two attached hydrogens (primary N) is 1. The summed E-state index contributed by atoms with van der Waals surface area (Å²) in [7, 11) is 0. The third-order valence-electron chi connectivity index (χ3n) is 3.81. The Kier molecular flexibility index (Phi) is 7.37. The molecule has 1 amide bonds. The van der Waals surface area contributed by atoms with Crippen molar-refractivity contribution in [3.05, 3.63) is 35.6 Å². The normalized spacial score (nSPS) is 13.8. The zero-order chi connectivity index (χ0) is 15.8. The quantitative estimate of drug-likeness (QED) is 0.748. The van der Waals surface area contributed by atoms with Crippen molar-refractivity contribution in [3.63, 3.8) is 0 Å². The van der Waals surface area contributed by atoms with Gasteiger partial charge in [-0.15, -0.1) is 0 Å². The van der Waals surface area contributed by atoms with Crippen LogP contribution in [0.4, 0.5) is 4.39 Å². The van der Waals surface area contributed by atoms with Gasteiger partial charge in [-0.05, 0) is 31.0 Å². The van der Waals surface area contributed by atoms with E-state index in [2.05, 4.69) is 6.92 Å². The van der Waals surface area contributed by atoms with Crippen molar-refractivity contribution < 1.29 is 9.18 Å². The van der Waals surface area contributed by atoms with E-state index in [4.69, 9.17) is 5.73 Å². The van der Waals surface area contributed by atoms with E-state index < -0.39 is 0 Å². The molecule has 1 aromatic carbocycles. The SMILES string of the molecule is CCCCCN(Cc1ccc(F)cc1)C(=O)C(C)C(C)N. The van der Waals surface area contributed by atoms with Crippen LogP contribution in [0.25, 0.3) is 0 Å². The first-order chi connectivity index (χ1) is 9.95. The van der Waals surface area contributed by atoms with E-state index in [0.29, 0.717) is 6.54 Å². The molecule has 21 heavy (non-hydrogen) atoms. The Morgan fingerprint density at radius 3 is 2.38 bits per heavy atom. The van der Waals surface area contributed by atoms with Crippen molar-refractivity contribution in [2.24, 2.45) is 11.7 Å². The van der Waals surface area contributed by atoms with Gasteiger partial charge in [-0.3, -0.25) is 4.79 Å². The third-order valence-corrected chi connectivity index (χ3v) is 3.81. The summed E-state index contributed by atoms with van der Waals surface area (Å²) in [5, 5.41) is 0. The predicted molar refractivity (Wildman–Crippen MR) is 84.2 cm³/mol. The van der Waals surface area contributed by atoms with Crippen LogP contribution in [0.1, 0.15) is 45.6 Å². The molecule has 0 fully saturated rings. The Balaban J connectivity index is 2.75. The lowest BCUT2D eigenvalue weighted by molar-refractivity contribution is -0.136. The molecule has 4 heteroatoms. The lowest BCUT2D eigenvalue weighted by Crippen LogP contribution is -2.41. The highest BCUT2D eigenvalue weighted by Gasteiger charge is 2.23. The molecule has 0 radical (unpaired) electrons. The second-order valence-corrected chi connectivity index (χ2v) is 5.74. The Morgan fingerprint density at radius 1 is 1.24 bits per heavy atom. The maximum Gasteiger partial charge on any atom is 0.227 e. The molecule has 0 aliphatic carbocycles. The topological polar surface area (TPSA) is 46.3 Å². The first-order valence-corrected chi connectivity index (χ1v) is 7.74. The van der Waals surface area contributed by atoms with E-state index in [1.807, 2.05) is 18.7 Å². The van der Waals surface area contributed by atoms with Gasteiger partial charge in [0.25, 0.3) is 0 Å². The molecule has 0 aliphatic rings. The maximum atomic E-state index is 13.0. The Labute approximate surface area is 127 Å². The number of unbranched alkanes of at least 4 members (excludes halogenated alkanes) is 2. The van der Waals surface area contributed by atoms with Gasteiger partial charge in [0.15, 0.2) is 0 Å². The van der Waals surface area contributed by atoms with Crippen molar-refractivity contribution in [1.29, 1.82) is 0 Å². The van der Waals surface area contributed by atoms with Crippen LogP contribution in [0.3, 0.4) is 0 Å². The smallest absolute Gasteiger partial charge is 0.227 e. The predicted octanol–water partition coefficient (Wildman–Crippen LogP) is 3.33. The first-order valence-electron chi connectivity index (χ1n) is 7.74. The van der Waals surface area contributed by atoms with Crippen LogP contribution in [-0.2, 0) is 11.3 Å². The van der Waals surface area contributed by atoms with Crippen molar-refractivity contribution in [2.45, 2.75) is 52.6 Å². The van der Waals surface area contributed by atoms with Gasteiger partial charge in [0.05, 0.1) is 5.92 Å². The molecule has 3 nitrogen and oxygen atoms in total. The van der Waals surface area contributed by atoms with Crippen LogP contribution in [0.15, 0.2) is 24.3 Å². The fraction of sp³-hybridized carbons (Fsp3) is 0.588. The van der Waals surface area contributed by atoms with Gasteiger partial charge in [-0.1, -0.05) is 38.8 Å². The largest absolute Gasteiger partial charge is 0.338 e. The molecule has 0 aromatic heterocycles. The van der Waals surface area contributed by atoms with E-state index in [9.17, 15) is 9.18 Å². The minimum absolute atomic E-state index is 0.0745. The number of carbonyl (C=O) groups is 1. The third kappa shape index (κ3) is 5.84. The molecule has 0 bridgehead atoms. The number of benzene rings is 1. The van der Waals surface area contributed by atoms with Crippen molar-refractivity contribution in [3.8, 4) is 0 Å². The average Bonchev–Trinajstić information content (AvgIpc) is 2.47. The molecule has 2 N–H and O–H groups in total. The number of rotatable bonds is 8. The van der Waals surface area contributed by atoms with Crippen molar-refractivity contribution >= 4 is 5.91 Å². The molecule has 118 valence electrons. The zero-order valence-electron chi connectivity index (χ0n) is 13.3. The van der Waals surface area contributed by atoms with Crippen LogP contribution in [0.5, 0.6) is 0 Å². The van der Waals surface area contributed by atoms with Crippen molar-refractivity contribution in [2.75, 3.05) is 6.54 Å². The first kappa shape index (κ1) is 17.6. The van der Waals surface area contributed by atoms with E-state index in [-0.39, 0.29) is 23.7 Å². The van der Waals surface area contributed by atoms with Crippen LogP contribution in [0.2, 0.25) is 0 Å². The zero-order valence-corrected chi connectivity index (χ0v) is 13.3. The molecule has 0 spiro atoms. The number of halogens is 1. The lowest BCUT2D eigenvalue weighted by atomic mass is 10.0. The van der Waals surface area contributed by atoms with E-state index >= 15 is 0 Å². The van der Waals surface area contributed by atoms with Gasteiger partial charge >= 0.3 is 0 Å². The summed E-state index contributed by atoms with van der Waals surface area (Å²) in [5.41, 5.74) is 6.79. The number of carbonyl (C=O) groups excluding carboxylic acids is 1. The van der Waals surface area contributed by atoms with Gasteiger partial charge < -0.3 is 10.6 Å². The van der Waals surface area contributed by atoms with Crippen LogP contribution in [0, 0.1) is 11.7 Å². The highest BCUT2D eigenvalue weighted by atomic mass is 19.1. The Hall–Kier alpha value is -1.42. The number of amides is 1. The molecule has 0 heterocycles. The number of nitrogens with zero attached hydrogens (tertiary/aromatic N) is 1. The van der Waals surface area contributed by atoms with Gasteiger partial charge in [0.2, 0.25) is 5.91 Å². The van der Waals surface area contributed by atoms with Crippen LogP contribution < -0.4 is 5.73 Å². The van der Waals surface area contributed by atoms with E-state index in [0.717, 1.165) is 31.4 Å². The summed E-state index contributed by atoms with van der Waals surface area (Å²) in [5.74, 6) is -0.385. The summed E-state index contributed by atoms with van der Waals surface area (Å²) >= 11 is 0. The molecule has 1 aromatic rings. The molecule has 2 atom stereocenters. The average molecular weight is 294 g/mol. The minimum atomic E-state index is -0.258. The summed E-state index contributed by atoms with van der Waals surface area (Å²) in [4.78, 5) is 14.4. The second kappa shape index (κ2) is 8.78. The summed E-state index contributed by atoms with van der Waals surface area (Å²) in [6.45, 7) is 7.09. The molecule has 2 unspecified atom stereocenters. The van der Waals surface area contributed by atoms with Gasteiger partial charge in [-0.2, -0.15) is 0 Å². The Morgan fingerprint density at radius 2 is 1.86 bits per heavy atom. The van der Waals surface area contributed by atoms with E-state index in [1.54, 1.807) is 12.1 Å². The van der Waals surface area contributed by atoms with Gasteiger partial charge in [0, 0.05) is 19.1 Å². The summed E-state index contributed by atoms with van der Waals surface area (Å²) in [6.07, 6.45) is 3.19. The Bertz CT molecular complexity index is 431. The molecule has 1 rings (SSSR count). The fourth-order valence-electron chi connectivity index (χ4n) is 2.14. The minimum Gasteiger partial charge on any atom is -0.338 e. The standard InChI is InChI=1S/C17H27FN2O/c1-4-5-6-11-20(17(21)13(2)14(3)19)12-15-7-9-16(18)10-8-15/h7-10,13-14H,4-6,11-12,19H2,1-3H3. The molecular formula is C17H27FN2O. The summed E-state index contributed by atoms with van der Waals surface area (Å²) in [6, 6.07) is 6.15. The summed E-state index contributed by atoms with van der Waals surface area (Å²) < 4.78 is 13.0. The molecule has 0 saturated heterocycles.